The Morgan fingerprint density at radius 2 is 1.82 bits per heavy atom. The molecule has 8 heteroatoms. The molecule has 1 aromatic carbocycles. The van der Waals surface area contributed by atoms with E-state index in [1.54, 1.807) is 24.3 Å². The molecule has 2 aromatic heterocycles. The van der Waals surface area contributed by atoms with Crippen LogP contribution in [-0.4, -0.2) is 31.4 Å². The van der Waals surface area contributed by atoms with Crippen molar-refractivity contribution < 1.29 is 9.18 Å². The molecule has 0 fully saturated rings. The molecule has 0 aliphatic carbocycles. The molecule has 1 N–H and O–H groups in total. The van der Waals surface area contributed by atoms with Crippen LogP contribution >= 0.6 is 11.8 Å². The lowest BCUT2D eigenvalue weighted by Gasteiger charge is -2.13. The van der Waals surface area contributed by atoms with Crippen LogP contribution in [0.3, 0.4) is 0 Å². The number of anilines is 1. The quantitative estimate of drug-likeness (QED) is 0.674. The Hall–Kier alpha value is -2.74. The number of hydrogen-bond donors (Lipinski definition) is 1. The van der Waals surface area contributed by atoms with E-state index in [1.807, 2.05) is 33.8 Å². The van der Waals surface area contributed by atoms with E-state index in [9.17, 15) is 9.18 Å². The van der Waals surface area contributed by atoms with Gasteiger partial charge in [-0.3, -0.25) is 4.79 Å². The van der Waals surface area contributed by atoms with E-state index < -0.39 is 0 Å². The molecule has 1 unspecified atom stereocenters. The molecule has 28 heavy (non-hydrogen) atoms. The number of nitrogens with one attached hydrogen (secondary N) is 1. The largest absolute Gasteiger partial charge is 0.310 e. The number of aromatic nitrogens is 4. The highest BCUT2D eigenvalue weighted by atomic mass is 32.2. The van der Waals surface area contributed by atoms with Gasteiger partial charge < -0.3 is 5.32 Å². The fraction of sp³-hybridized carbons (Fsp3) is 0.300. The summed E-state index contributed by atoms with van der Waals surface area (Å²) in [5.74, 6) is 0.648. The Balaban J connectivity index is 1.70. The number of benzene rings is 1. The van der Waals surface area contributed by atoms with Gasteiger partial charge in [-0.15, -0.1) is 11.8 Å². The average molecular weight is 399 g/mol. The van der Waals surface area contributed by atoms with Gasteiger partial charge in [-0.2, -0.15) is 9.78 Å². The number of aryl methyl sites for hydroxylation is 3. The molecule has 0 bridgehead atoms. The van der Waals surface area contributed by atoms with E-state index in [0.29, 0.717) is 17.3 Å². The zero-order chi connectivity index (χ0) is 20.3. The van der Waals surface area contributed by atoms with Crippen LogP contribution in [0.4, 0.5) is 10.2 Å². The molecule has 0 saturated carbocycles. The highest BCUT2D eigenvalue weighted by Gasteiger charge is 2.16. The predicted octanol–water partition coefficient (Wildman–Crippen LogP) is 4.16. The molecule has 0 spiro atoms. The monoisotopic (exact) mass is 399 g/mol. The zero-order valence-corrected chi connectivity index (χ0v) is 17.0. The van der Waals surface area contributed by atoms with Crippen molar-refractivity contribution in [3.63, 3.8) is 0 Å². The number of rotatable bonds is 6. The summed E-state index contributed by atoms with van der Waals surface area (Å²) >= 11 is 1.37. The van der Waals surface area contributed by atoms with Crippen LogP contribution in [0.15, 0.2) is 36.4 Å². The van der Waals surface area contributed by atoms with Crippen molar-refractivity contribution in [2.24, 2.45) is 0 Å². The van der Waals surface area contributed by atoms with Crippen LogP contribution in [0.25, 0.3) is 5.95 Å². The SMILES string of the molecule is Cc1cc(C)nc(-n2nc(C)cc2NC(=O)CSC(C)c2ccccc2F)n1. The Morgan fingerprint density at radius 1 is 1.14 bits per heavy atom. The molecule has 3 aromatic rings. The van der Waals surface area contributed by atoms with Crippen molar-refractivity contribution in [2.45, 2.75) is 32.9 Å². The van der Waals surface area contributed by atoms with Gasteiger partial charge in [0.25, 0.3) is 5.95 Å². The Kier molecular flexibility index (Phi) is 6.08. The number of amides is 1. The van der Waals surface area contributed by atoms with Crippen molar-refractivity contribution >= 4 is 23.5 Å². The molecule has 2 heterocycles. The van der Waals surface area contributed by atoms with Crippen LogP contribution in [0.1, 0.15) is 34.8 Å². The molecule has 1 amide bonds. The maximum absolute atomic E-state index is 13.9. The van der Waals surface area contributed by atoms with Gasteiger partial charge in [-0.1, -0.05) is 18.2 Å². The first kappa shape index (κ1) is 20.0. The number of nitrogens with zero attached hydrogens (tertiary/aromatic N) is 4. The van der Waals surface area contributed by atoms with Crippen molar-refractivity contribution in [2.75, 3.05) is 11.1 Å². The van der Waals surface area contributed by atoms with Gasteiger partial charge in [-0.25, -0.2) is 14.4 Å². The van der Waals surface area contributed by atoms with E-state index >= 15 is 0 Å². The summed E-state index contributed by atoms with van der Waals surface area (Å²) in [4.78, 5) is 21.3. The summed E-state index contributed by atoms with van der Waals surface area (Å²) in [6.45, 7) is 7.49. The first-order valence-corrected chi connectivity index (χ1v) is 9.93. The van der Waals surface area contributed by atoms with Crippen LogP contribution in [0.5, 0.6) is 0 Å². The fourth-order valence-electron chi connectivity index (χ4n) is 2.82. The third kappa shape index (κ3) is 4.75. The highest BCUT2D eigenvalue weighted by molar-refractivity contribution is 8.00. The average Bonchev–Trinajstić information content (AvgIpc) is 2.99. The van der Waals surface area contributed by atoms with E-state index in [-0.39, 0.29) is 22.7 Å². The van der Waals surface area contributed by atoms with Gasteiger partial charge in [-0.05, 0) is 39.8 Å². The minimum absolute atomic E-state index is 0.138. The van der Waals surface area contributed by atoms with Crippen molar-refractivity contribution in [3.8, 4) is 5.95 Å². The summed E-state index contributed by atoms with van der Waals surface area (Å²) in [6, 6.07) is 10.3. The van der Waals surface area contributed by atoms with Gasteiger partial charge in [0.1, 0.15) is 11.6 Å². The van der Waals surface area contributed by atoms with E-state index in [1.165, 1.54) is 22.5 Å². The normalized spacial score (nSPS) is 12.0. The lowest BCUT2D eigenvalue weighted by molar-refractivity contribution is -0.113. The second-order valence-electron chi connectivity index (χ2n) is 6.56. The van der Waals surface area contributed by atoms with E-state index in [2.05, 4.69) is 20.4 Å². The Bertz CT molecular complexity index is 984. The van der Waals surface area contributed by atoms with Crippen molar-refractivity contribution in [3.05, 3.63) is 64.9 Å². The third-order valence-corrected chi connectivity index (χ3v) is 5.25. The predicted molar refractivity (Wildman–Crippen MR) is 109 cm³/mol. The van der Waals surface area contributed by atoms with Crippen molar-refractivity contribution in [1.82, 2.24) is 19.7 Å². The summed E-state index contributed by atoms with van der Waals surface area (Å²) < 4.78 is 15.4. The number of thioether (sulfide) groups is 1. The minimum Gasteiger partial charge on any atom is -0.310 e. The van der Waals surface area contributed by atoms with E-state index in [0.717, 1.165) is 17.1 Å². The summed E-state index contributed by atoms with van der Waals surface area (Å²) in [5, 5.41) is 7.11. The lowest BCUT2D eigenvalue weighted by atomic mass is 10.1. The zero-order valence-electron chi connectivity index (χ0n) is 16.2. The number of carbonyl (C=O) groups excluding carboxylic acids is 1. The van der Waals surface area contributed by atoms with E-state index in [4.69, 9.17) is 0 Å². The fourth-order valence-corrected chi connectivity index (χ4v) is 3.66. The molecule has 0 saturated heterocycles. The maximum Gasteiger partial charge on any atom is 0.252 e. The first-order valence-electron chi connectivity index (χ1n) is 8.88. The number of hydrogen-bond acceptors (Lipinski definition) is 5. The van der Waals surface area contributed by atoms with Gasteiger partial charge in [0.05, 0.1) is 11.4 Å². The Labute approximate surface area is 167 Å². The van der Waals surface area contributed by atoms with Crippen LogP contribution < -0.4 is 5.32 Å². The van der Waals surface area contributed by atoms with Gasteiger partial charge in [0.15, 0.2) is 0 Å². The molecule has 0 aliphatic heterocycles. The summed E-state index contributed by atoms with van der Waals surface area (Å²) in [5.41, 5.74) is 2.97. The second-order valence-corrected chi connectivity index (χ2v) is 7.89. The van der Waals surface area contributed by atoms with Crippen molar-refractivity contribution in [1.29, 1.82) is 0 Å². The van der Waals surface area contributed by atoms with Crippen LogP contribution in [0, 0.1) is 26.6 Å². The second kappa shape index (κ2) is 8.52. The Morgan fingerprint density at radius 3 is 2.50 bits per heavy atom. The number of halogens is 1. The first-order chi connectivity index (χ1) is 13.3. The third-order valence-electron chi connectivity index (χ3n) is 4.07. The molecule has 146 valence electrons. The molecule has 3 rings (SSSR count). The minimum atomic E-state index is -0.261. The summed E-state index contributed by atoms with van der Waals surface area (Å²) in [7, 11) is 0. The molecule has 0 aliphatic rings. The molecular weight excluding hydrogens is 377 g/mol. The topological polar surface area (TPSA) is 72.7 Å². The molecule has 1 atom stereocenters. The maximum atomic E-state index is 13.9. The molecular formula is C20H22FN5OS. The van der Waals surface area contributed by atoms with Crippen LogP contribution in [0.2, 0.25) is 0 Å². The number of carbonyl (C=O) groups is 1. The van der Waals surface area contributed by atoms with Gasteiger partial charge in [0, 0.05) is 28.3 Å². The molecule has 6 nitrogen and oxygen atoms in total. The van der Waals surface area contributed by atoms with Crippen LogP contribution in [-0.2, 0) is 4.79 Å². The standard InChI is InChI=1S/C20H22FN5OS/c1-12-9-13(2)23-20(22-12)26-18(10-14(3)25-26)24-19(27)11-28-15(4)16-7-5-6-8-17(16)21/h5-10,15H,11H2,1-4H3,(H,24,27). The summed E-state index contributed by atoms with van der Waals surface area (Å²) in [6.07, 6.45) is 0. The highest BCUT2D eigenvalue weighted by Crippen LogP contribution is 2.30. The van der Waals surface area contributed by atoms with Gasteiger partial charge >= 0.3 is 0 Å². The molecule has 0 radical (unpaired) electrons. The van der Waals surface area contributed by atoms with Gasteiger partial charge in [0.2, 0.25) is 5.91 Å². The lowest BCUT2D eigenvalue weighted by Crippen LogP contribution is -2.18. The smallest absolute Gasteiger partial charge is 0.252 e.